The number of aliphatic hydroxyl groups is 1. The second-order valence-electron chi connectivity index (χ2n) is 4.99. The lowest BCUT2D eigenvalue weighted by molar-refractivity contribution is -0.129. The summed E-state index contributed by atoms with van der Waals surface area (Å²) in [6, 6.07) is 7.83. The minimum absolute atomic E-state index is 0.328. The Bertz CT molecular complexity index is 627. The molecule has 1 heterocycles. The number of aromatic nitrogens is 2. The molecule has 0 saturated carbocycles. The third-order valence-corrected chi connectivity index (χ3v) is 4.07. The molecule has 0 radical (unpaired) electrons. The van der Waals surface area contributed by atoms with Crippen LogP contribution < -0.4 is 5.32 Å². The summed E-state index contributed by atoms with van der Waals surface area (Å²) in [6.07, 6.45) is 5.11. The molecule has 0 saturated heterocycles. The number of nitrogens with one attached hydrogen (secondary N) is 1. The van der Waals surface area contributed by atoms with Crippen LogP contribution in [0.3, 0.4) is 0 Å². The van der Waals surface area contributed by atoms with Crippen molar-refractivity contribution in [2.45, 2.75) is 26.0 Å². The zero-order chi connectivity index (χ0) is 15.9. The Labute approximate surface area is 134 Å². The molecule has 2 rings (SSSR count). The van der Waals surface area contributed by atoms with Gasteiger partial charge >= 0.3 is 0 Å². The van der Waals surface area contributed by atoms with Crippen molar-refractivity contribution < 1.29 is 9.90 Å². The van der Waals surface area contributed by atoms with E-state index in [2.05, 4.69) is 10.3 Å². The van der Waals surface area contributed by atoms with Gasteiger partial charge in [-0.1, -0.05) is 18.2 Å². The second-order valence-corrected chi connectivity index (χ2v) is 5.97. The van der Waals surface area contributed by atoms with Crippen LogP contribution in [0.5, 0.6) is 0 Å². The van der Waals surface area contributed by atoms with Gasteiger partial charge in [0.15, 0.2) is 0 Å². The number of para-hydroxylation sites is 1. The molecule has 1 atom stereocenters. The molecule has 118 valence electrons. The van der Waals surface area contributed by atoms with Crippen molar-refractivity contribution in [3.63, 3.8) is 0 Å². The van der Waals surface area contributed by atoms with E-state index in [1.54, 1.807) is 18.0 Å². The highest BCUT2D eigenvalue weighted by atomic mass is 32.2. The fourth-order valence-electron chi connectivity index (χ4n) is 2.19. The van der Waals surface area contributed by atoms with Crippen LogP contribution in [0, 0.1) is 6.92 Å². The van der Waals surface area contributed by atoms with Gasteiger partial charge in [0.2, 0.25) is 5.91 Å². The first-order valence-electron chi connectivity index (χ1n) is 7.16. The molecule has 0 aliphatic carbocycles. The number of imidazole rings is 1. The van der Waals surface area contributed by atoms with E-state index in [1.807, 2.05) is 48.2 Å². The quantitative estimate of drug-likeness (QED) is 0.818. The van der Waals surface area contributed by atoms with Crippen LogP contribution in [0.4, 0.5) is 0 Å². The summed E-state index contributed by atoms with van der Waals surface area (Å²) >= 11 is 1.61. The second kappa shape index (κ2) is 8.00. The molecule has 0 fully saturated rings. The molecule has 22 heavy (non-hydrogen) atoms. The summed E-state index contributed by atoms with van der Waals surface area (Å²) in [5.41, 5.74) is 1.96. The van der Waals surface area contributed by atoms with E-state index in [-0.39, 0.29) is 5.91 Å². The number of benzene rings is 1. The number of hydrogen-bond acceptors (Lipinski definition) is 4. The molecule has 0 unspecified atom stereocenters. The van der Waals surface area contributed by atoms with Gasteiger partial charge in [-0.25, -0.2) is 4.98 Å². The van der Waals surface area contributed by atoms with Gasteiger partial charge in [-0.05, 0) is 37.0 Å². The van der Waals surface area contributed by atoms with Crippen LogP contribution >= 0.6 is 11.8 Å². The van der Waals surface area contributed by atoms with Gasteiger partial charge in [0.05, 0.1) is 5.69 Å². The lowest BCUT2D eigenvalue weighted by atomic mass is 10.1. The van der Waals surface area contributed by atoms with Gasteiger partial charge in [-0.2, -0.15) is 11.8 Å². The van der Waals surface area contributed by atoms with Crippen molar-refractivity contribution in [1.29, 1.82) is 0 Å². The summed E-state index contributed by atoms with van der Waals surface area (Å²) in [7, 11) is 0. The third kappa shape index (κ3) is 4.11. The SMILES string of the molecule is CSCC[C@@H](O)C(=O)NCc1ccccc1-n1ccnc1C. The summed E-state index contributed by atoms with van der Waals surface area (Å²) in [5.74, 6) is 1.32. The maximum atomic E-state index is 11.9. The van der Waals surface area contributed by atoms with Gasteiger partial charge in [-0.15, -0.1) is 0 Å². The Morgan fingerprint density at radius 1 is 1.45 bits per heavy atom. The van der Waals surface area contributed by atoms with Crippen LogP contribution in [0.2, 0.25) is 0 Å². The standard InChI is InChI=1S/C16H21N3O2S/c1-12-17-8-9-19(12)14-6-4-3-5-13(14)11-18-16(21)15(20)7-10-22-2/h3-6,8-9,15,20H,7,10-11H2,1-2H3,(H,18,21)/t15-/m1/s1. The van der Waals surface area contributed by atoms with Crippen molar-refractivity contribution in [2.24, 2.45) is 0 Å². The number of nitrogens with zero attached hydrogens (tertiary/aromatic N) is 2. The zero-order valence-corrected chi connectivity index (χ0v) is 13.6. The van der Waals surface area contributed by atoms with E-state index >= 15 is 0 Å². The van der Waals surface area contributed by atoms with Crippen molar-refractivity contribution in [3.8, 4) is 5.69 Å². The number of aryl methyl sites for hydroxylation is 1. The lowest BCUT2D eigenvalue weighted by Gasteiger charge is -2.14. The molecule has 5 nitrogen and oxygen atoms in total. The molecule has 0 aliphatic rings. The van der Waals surface area contributed by atoms with Crippen LogP contribution in [0.25, 0.3) is 5.69 Å². The third-order valence-electron chi connectivity index (χ3n) is 3.43. The minimum atomic E-state index is -0.949. The normalized spacial score (nSPS) is 12.1. The molecule has 0 spiro atoms. The van der Waals surface area contributed by atoms with Crippen molar-refractivity contribution in [2.75, 3.05) is 12.0 Å². The molecule has 2 N–H and O–H groups in total. The Hall–Kier alpha value is -1.79. The van der Waals surface area contributed by atoms with E-state index in [9.17, 15) is 9.90 Å². The van der Waals surface area contributed by atoms with Crippen LogP contribution in [-0.4, -0.2) is 38.7 Å². The average Bonchev–Trinajstić information content (AvgIpc) is 2.96. The van der Waals surface area contributed by atoms with Gasteiger partial charge < -0.3 is 15.0 Å². The smallest absolute Gasteiger partial charge is 0.249 e. The van der Waals surface area contributed by atoms with E-state index < -0.39 is 6.10 Å². The summed E-state index contributed by atoms with van der Waals surface area (Å²) in [4.78, 5) is 16.1. The maximum Gasteiger partial charge on any atom is 0.249 e. The van der Waals surface area contributed by atoms with Gasteiger partial charge in [0.1, 0.15) is 11.9 Å². The van der Waals surface area contributed by atoms with Crippen molar-refractivity contribution >= 4 is 17.7 Å². The predicted octanol–water partition coefficient (Wildman–Crippen LogP) is 1.91. The number of thioether (sulfide) groups is 1. The molecule has 0 aliphatic heterocycles. The number of carbonyl (C=O) groups is 1. The van der Waals surface area contributed by atoms with Crippen molar-refractivity contribution in [3.05, 3.63) is 48.0 Å². The maximum absolute atomic E-state index is 11.9. The first-order valence-corrected chi connectivity index (χ1v) is 8.56. The van der Waals surface area contributed by atoms with Crippen LogP contribution in [0.1, 0.15) is 17.8 Å². The highest BCUT2D eigenvalue weighted by Gasteiger charge is 2.15. The zero-order valence-electron chi connectivity index (χ0n) is 12.8. The van der Waals surface area contributed by atoms with E-state index in [0.717, 1.165) is 22.8 Å². The Morgan fingerprint density at radius 2 is 2.23 bits per heavy atom. The van der Waals surface area contributed by atoms with Gasteiger partial charge in [0.25, 0.3) is 0 Å². The monoisotopic (exact) mass is 319 g/mol. The highest BCUT2D eigenvalue weighted by molar-refractivity contribution is 7.98. The fraction of sp³-hybridized carbons (Fsp3) is 0.375. The lowest BCUT2D eigenvalue weighted by Crippen LogP contribution is -2.34. The van der Waals surface area contributed by atoms with E-state index in [1.165, 1.54) is 0 Å². The largest absolute Gasteiger partial charge is 0.383 e. The molecule has 1 aromatic heterocycles. The predicted molar refractivity (Wildman–Crippen MR) is 89.2 cm³/mol. The summed E-state index contributed by atoms with van der Waals surface area (Å²) < 4.78 is 1.98. The van der Waals surface area contributed by atoms with Crippen LogP contribution in [0.15, 0.2) is 36.7 Å². The van der Waals surface area contributed by atoms with Crippen LogP contribution in [-0.2, 0) is 11.3 Å². The molecule has 1 amide bonds. The number of hydrogen-bond donors (Lipinski definition) is 2. The number of aliphatic hydroxyl groups excluding tert-OH is 1. The van der Waals surface area contributed by atoms with Gasteiger partial charge in [-0.3, -0.25) is 4.79 Å². The summed E-state index contributed by atoms with van der Waals surface area (Å²) in [6.45, 7) is 2.31. The topological polar surface area (TPSA) is 67.2 Å². The van der Waals surface area contributed by atoms with E-state index in [0.29, 0.717) is 13.0 Å². The Kier molecular flexibility index (Phi) is 6.03. The number of carbonyl (C=O) groups excluding carboxylic acids is 1. The number of amides is 1. The first-order chi connectivity index (χ1) is 10.6. The molecule has 0 bridgehead atoms. The van der Waals surface area contributed by atoms with E-state index in [4.69, 9.17) is 0 Å². The van der Waals surface area contributed by atoms with Crippen molar-refractivity contribution in [1.82, 2.24) is 14.9 Å². The fourth-order valence-corrected chi connectivity index (χ4v) is 2.65. The number of rotatable bonds is 7. The minimum Gasteiger partial charge on any atom is -0.383 e. The molecular formula is C16H21N3O2S. The molecule has 1 aromatic carbocycles. The van der Waals surface area contributed by atoms with Gasteiger partial charge in [0, 0.05) is 18.9 Å². The highest BCUT2D eigenvalue weighted by Crippen LogP contribution is 2.16. The average molecular weight is 319 g/mol. The Balaban J connectivity index is 2.05. The molecule has 2 aromatic rings. The Morgan fingerprint density at radius 3 is 2.91 bits per heavy atom. The summed E-state index contributed by atoms with van der Waals surface area (Å²) in [5, 5.41) is 12.6. The molecule has 6 heteroatoms. The molecular weight excluding hydrogens is 298 g/mol. The first kappa shape index (κ1) is 16.6.